The zero-order chi connectivity index (χ0) is 7.40. The molecule has 2 nitrogen and oxygen atoms in total. The van der Waals surface area contributed by atoms with Crippen molar-refractivity contribution < 1.29 is 4.74 Å². The highest BCUT2D eigenvalue weighted by atomic mass is 16.5. The fourth-order valence-corrected chi connectivity index (χ4v) is 0.724. The SMILES string of the molecule is C/C=[N+](/[O-])c1ccccc1. The molecule has 0 amide bonds. The largest absolute Gasteiger partial charge is 0.619 e. The lowest BCUT2D eigenvalue weighted by atomic mass is 10.3. The Hall–Kier alpha value is -1.31. The quantitative estimate of drug-likeness (QED) is 0.250. The van der Waals surface area contributed by atoms with E-state index in [2.05, 4.69) is 0 Å². The number of para-hydroxylation sites is 1. The van der Waals surface area contributed by atoms with Crippen LogP contribution in [0.4, 0.5) is 5.69 Å². The van der Waals surface area contributed by atoms with Crippen LogP contribution in [0.3, 0.4) is 0 Å². The summed E-state index contributed by atoms with van der Waals surface area (Å²) in [4.78, 5) is 0. The molecular weight excluding hydrogens is 126 g/mol. The summed E-state index contributed by atoms with van der Waals surface area (Å²) in [7, 11) is 0. The molecule has 0 spiro atoms. The van der Waals surface area contributed by atoms with E-state index >= 15 is 0 Å². The van der Waals surface area contributed by atoms with Crippen LogP contribution in [0.25, 0.3) is 0 Å². The Kier molecular flexibility index (Phi) is 2.05. The second-order valence-electron chi connectivity index (χ2n) is 1.92. The van der Waals surface area contributed by atoms with Crippen LogP contribution < -0.4 is 0 Å². The Balaban J connectivity index is 2.96. The first-order valence-corrected chi connectivity index (χ1v) is 3.15. The molecule has 1 aromatic rings. The van der Waals surface area contributed by atoms with E-state index in [9.17, 15) is 5.21 Å². The molecular formula is C8H9NO. The molecule has 0 radical (unpaired) electrons. The van der Waals surface area contributed by atoms with Gasteiger partial charge in [0.2, 0.25) is 5.69 Å². The molecule has 0 aliphatic carbocycles. The Bertz CT molecular complexity index is 228. The van der Waals surface area contributed by atoms with Crippen molar-refractivity contribution in [1.29, 1.82) is 0 Å². The van der Waals surface area contributed by atoms with Crippen molar-refractivity contribution in [1.82, 2.24) is 0 Å². The predicted octanol–water partition coefficient (Wildman–Crippen LogP) is 1.92. The Morgan fingerprint density at radius 3 is 2.40 bits per heavy atom. The molecule has 1 rings (SSSR count). The van der Waals surface area contributed by atoms with Crippen molar-refractivity contribution in [2.45, 2.75) is 6.92 Å². The molecule has 0 saturated heterocycles. The van der Waals surface area contributed by atoms with Crippen LogP contribution in [0.15, 0.2) is 30.3 Å². The number of nitrogens with zero attached hydrogens (tertiary/aromatic N) is 1. The lowest BCUT2D eigenvalue weighted by Crippen LogP contribution is -1.92. The molecule has 0 aromatic heterocycles. The fraction of sp³-hybridized carbons (Fsp3) is 0.125. The molecule has 52 valence electrons. The molecule has 0 atom stereocenters. The van der Waals surface area contributed by atoms with Gasteiger partial charge in [0.25, 0.3) is 0 Å². The van der Waals surface area contributed by atoms with Crippen LogP contribution in [-0.2, 0) is 0 Å². The van der Waals surface area contributed by atoms with Crippen LogP contribution in [0.2, 0.25) is 0 Å². The van der Waals surface area contributed by atoms with E-state index in [0.29, 0.717) is 5.69 Å². The van der Waals surface area contributed by atoms with Crippen LogP contribution in [0.5, 0.6) is 0 Å². The molecule has 2 heteroatoms. The molecule has 0 bridgehead atoms. The zero-order valence-corrected chi connectivity index (χ0v) is 5.82. The maximum Gasteiger partial charge on any atom is 0.216 e. The fourth-order valence-electron chi connectivity index (χ4n) is 0.724. The van der Waals surface area contributed by atoms with Gasteiger partial charge in [-0.15, -0.1) is 0 Å². The van der Waals surface area contributed by atoms with E-state index in [1.54, 1.807) is 19.1 Å². The van der Waals surface area contributed by atoms with E-state index in [0.717, 1.165) is 4.74 Å². The highest BCUT2D eigenvalue weighted by Crippen LogP contribution is 2.07. The molecule has 0 heterocycles. The van der Waals surface area contributed by atoms with Gasteiger partial charge in [0.15, 0.2) is 6.21 Å². The van der Waals surface area contributed by atoms with Crippen molar-refractivity contribution in [3.63, 3.8) is 0 Å². The third-order valence-corrected chi connectivity index (χ3v) is 1.25. The average molecular weight is 135 g/mol. The first-order valence-electron chi connectivity index (χ1n) is 3.15. The third kappa shape index (κ3) is 1.35. The van der Waals surface area contributed by atoms with Crippen molar-refractivity contribution >= 4 is 11.9 Å². The van der Waals surface area contributed by atoms with Gasteiger partial charge in [0, 0.05) is 19.1 Å². The monoisotopic (exact) mass is 135 g/mol. The summed E-state index contributed by atoms with van der Waals surface area (Å²) >= 11 is 0. The lowest BCUT2D eigenvalue weighted by Gasteiger charge is -1.99. The summed E-state index contributed by atoms with van der Waals surface area (Å²) in [6.07, 6.45) is 1.48. The maximum atomic E-state index is 10.9. The average Bonchev–Trinajstić information content (AvgIpc) is 2.05. The third-order valence-electron chi connectivity index (χ3n) is 1.25. The number of hydrogen-bond acceptors (Lipinski definition) is 1. The van der Waals surface area contributed by atoms with Gasteiger partial charge in [-0.05, 0) is 0 Å². The Morgan fingerprint density at radius 1 is 1.30 bits per heavy atom. The normalized spacial score (nSPS) is 11.5. The lowest BCUT2D eigenvalue weighted by molar-refractivity contribution is -0.355. The van der Waals surface area contributed by atoms with Crippen LogP contribution in [0, 0.1) is 5.21 Å². The van der Waals surface area contributed by atoms with Crippen molar-refractivity contribution in [2.75, 3.05) is 0 Å². The Morgan fingerprint density at radius 2 is 1.90 bits per heavy atom. The van der Waals surface area contributed by atoms with E-state index in [1.807, 2.05) is 18.2 Å². The number of benzene rings is 1. The number of rotatable bonds is 1. The van der Waals surface area contributed by atoms with Crippen LogP contribution >= 0.6 is 0 Å². The zero-order valence-electron chi connectivity index (χ0n) is 5.82. The summed E-state index contributed by atoms with van der Waals surface area (Å²) in [6, 6.07) is 9.10. The standard InChI is InChI=1S/C8H9NO/c1-2-9(10)8-6-4-3-5-7-8/h2-7H,1H3/b9-2+. The van der Waals surface area contributed by atoms with E-state index in [-0.39, 0.29) is 0 Å². The van der Waals surface area contributed by atoms with E-state index in [4.69, 9.17) is 0 Å². The second-order valence-corrected chi connectivity index (χ2v) is 1.92. The summed E-state index contributed by atoms with van der Waals surface area (Å²) in [6.45, 7) is 1.71. The van der Waals surface area contributed by atoms with E-state index < -0.39 is 0 Å². The van der Waals surface area contributed by atoms with Gasteiger partial charge in [-0.3, -0.25) is 0 Å². The highest BCUT2D eigenvalue weighted by Gasteiger charge is 1.93. The van der Waals surface area contributed by atoms with Gasteiger partial charge in [-0.2, -0.15) is 4.74 Å². The topological polar surface area (TPSA) is 26.1 Å². The summed E-state index contributed by atoms with van der Waals surface area (Å²) in [5.41, 5.74) is 0.671. The summed E-state index contributed by atoms with van der Waals surface area (Å²) < 4.78 is 0.833. The van der Waals surface area contributed by atoms with Gasteiger partial charge in [-0.1, -0.05) is 18.2 Å². The van der Waals surface area contributed by atoms with Crippen molar-refractivity contribution in [3.8, 4) is 0 Å². The summed E-state index contributed by atoms with van der Waals surface area (Å²) in [5.74, 6) is 0. The minimum Gasteiger partial charge on any atom is -0.619 e. The van der Waals surface area contributed by atoms with Gasteiger partial charge >= 0.3 is 0 Å². The first kappa shape index (κ1) is 6.81. The summed E-state index contributed by atoms with van der Waals surface area (Å²) in [5, 5.41) is 10.9. The molecule has 0 N–H and O–H groups in total. The van der Waals surface area contributed by atoms with E-state index in [1.165, 1.54) is 6.21 Å². The molecule has 0 aliphatic rings. The first-order chi connectivity index (χ1) is 4.84. The van der Waals surface area contributed by atoms with Gasteiger partial charge in [-0.25, -0.2) is 0 Å². The molecule has 0 fully saturated rings. The predicted molar refractivity (Wildman–Crippen MR) is 41.5 cm³/mol. The minimum absolute atomic E-state index is 0.671. The smallest absolute Gasteiger partial charge is 0.216 e. The number of hydrogen-bond donors (Lipinski definition) is 0. The maximum absolute atomic E-state index is 10.9. The van der Waals surface area contributed by atoms with Crippen LogP contribution in [0.1, 0.15) is 6.92 Å². The van der Waals surface area contributed by atoms with Crippen molar-refractivity contribution in [3.05, 3.63) is 35.5 Å². The second kappa shape index (κ2) is 3.01. The Labute approximate surface area is 60.0 Å². The molecule has 0 saturated carbocycles. The molecule has 0 aliphatic heterocycles. The van der Waals surface area contributed by atoms with Crippen LogP contribution in [-0.4, -0.2) is 11.0 Å². The molecule has 10 heavy (non-hydrogen) atoms. The molecule has 0 unspecified atom stereocenters. The van der Waals surface area contributed by atoms with Gasteiger partial charge < -0.3 is 5.21 Å². The highest BCUT2D eigenvalue weighted by molar-refractivity contribution is 5.50. The van der Waals surface area contributed by atoms with Crippen molar-refractivity contribution in [2.24, 2.45) is 0 Å². The minimum atomic E-state index is 0.671. The molecule has 1 aromatic carbocycles. The van der Waals surface area contributed by atoms with Gasteiger partial charge in [0.05, 0.1) is 0 Å². The van der Waals surface area contributed by atoms with Gasteiger partial charge in [0.1, 0.15) is 0 Å².